The Labute approximate surface area is 73.1 Å². The van der Waals surface area contributed by atoms with Gasteiger partial charge in [-0.15, -0.1) is 5.10 Å². The largest absolute Gasteiger partial charge is 0.291 e. The minimum atomic E-state index is 0.372. The number of anilines is 1. The quantitative estimate of drug-likeness (QED) is 0.504. The monoisotopic (exact) mass is 183 g/mol. The van der Waals surface area contributed by atoms with Crippen molar-refractivity contribution >= 4 is 23.2 Å². The highest BCUT2D eigenvalue weighted by atomic mass is 35.5. The lowest BCUT2D eigenvalue weighted by Gasteiger charge is -1.89. The Hall–Kier alpha value is -1.33. The first-order valence-corrected chi connectivity index (χ1v) is 3.66. The first-order valence-electron chi connectivity index (χ1n) is 3.28. The van der Waals surface area contributed by atoms with Crippen molar-refractivity contribution < 1.29 is 0 Å². The molecule has 0 bridgehead atoms. The van der Waals surface area contributed by atoms with Crippen LogP contribution in [0.2, 0.25) is 5.02 Å². The number of hydrogen-bond donors (Lipinski definition) is 2. The minimum absolute atomic E-state index is 0.372. The van der Waals surface area contributed by atoms with Crippen molar-refractivity contribution in [3.05, 3.63) is 23.4 Å². The van der Waals surface area contributed by atoms with Gasteiger partial charge in [0.1, 0.15) is 0 Å². The van der Waals surface area contributed by atoms with E-state index in [1.54, 1.807) is 22.8 Å². The highest BCUT2D eigenvalue weighted by Crippen LogP contribution is 2.11. The topological polar surface area (TPSA) is 68.2 Å². The molecule has 0 fully saturated rings. The Balaban J connectivity index is 2.67. The van der Waals surface area contributed by atoms with Gasteiger partial charge in [-0.1, -0.05) is 11.6 Å². The van der Waals surface area contributed by atoms with Crippen LogP contribution in [-0.4, -0.2) is 14.6 Å². The average molecular weight is 184 g/mol. The number of aromatic nitrogens is 3. The van der Waals surface area contributed by atoms with Crippen LogP contribution in [0.15, 0.2) is 18.3 Å². The molecule has 2 heterocycles. The van der Waals surface area contributed by atoms with E-state index in [1.165, 1.54) is 0 Å². The van der Waals surface area contributed by atoms with Crippen LogP contribution in [0.5, 0.6) is 0 Å². The minimum Gasteiger partial charge on any atom is -0.291 e. The van der Waals surface area contributed by atoms with Crippen molar-refractivity contribution in [2.45, 2.75) is 0 Å². The van der Waals surface area contributed by atoms with Crippen LogP contribution in [0.4, 0.5) is 5.95 Å². The molecule has 0 saturated heterocycles. The number of rotatable bonds is 1. The summed E-state index contributed by atoms with van der Waals surface area (Å²) in [6.07, 6.45) is 1.71. The second-order valence-electron chi connectivity index (χ2n) is 2.23. The van der Waals surface area contributed by atoms with Gasteiger partial charge in [-0.3, -0.25) is 5.43 Å². The maximum absolute atomic E-state index is 5.74. The number of nitrogen functional groups attached to an aromatic ring is 1. The van der Waals surface area contributed by atoms with Gasteiger partial charge in [0.25, 0.3) is 5.95 Å². The Morgan fingerprint density at radius 1 is 1.58 bits per heavy atom. The smallest absolute Gasteiger partial charge is 0.257 e. The van der Waals surface area contributed by atoms with E-state index < -0.39 is 0 Å². The fourth-order valence-electron chi connectivity index (χ4n) is 0.918. The summed E-state index contributed by atoms with van der Waals surface area (Å²) in [5.74, 6) is 5.50. The second-order valence-corrected chi connectivity index (χ2v) is 2.66. The van der Waals surface area contributed by atoms with E-state index in [0.717, 1.165) is 0 Å². The van der Waals surface area contributed by atoms with Crippen molar-refractivity contribution in [3.63, 3.8) is 0 Å². The van der Waals surface area contributed by atoms with Gasteiger partial charge < -0.3 is 0 Å². The molecule has 2 aromatic rings. The van der Waals surface area contributed by atoms with E-state index in [4.69, 9.17) is 17.4 Å². The van der Waals surface area contributed by atoms with Crippen LogP contribution in [-0.2, 0) is 0 Å². The molecule has 0 aliphatic carbocycles. The third-order valence-electron chi connectivity index (χ3n) is 1.43. The van der Waals surface area contributed by atoms with Crippen LogP contribution >= 0.6 is 11.6 Å². The highest BCUT2D eigenvalue weighted by molar-refractivity contribution is 6.30. The first kappa shape index (κ1) is 7.33. The lowest BCUT2D eigenvalue weighted by Crippen LogP contribution is -2.08. The van der Waals surface area contributed by atoms with E-state index in [1.807, 2.05) is 0 Å². The van der Waals surface area contributed by atoms with Crippen LogP contribution in [0.25, 0.3) is 5.65 Å². The summed E-state index contributed by atoms with van der Waals surface area (Å²) in [5, 5.41) is 4.61. The fourth-order valence-corrected chi connectivity index (χ4v) is 1.07. The van der Waals surface area contributed by atoms with E-state index in [0.29, 0.717) is 16.6 Å². The van der Waals surface area contributed by atoms with Crippen LogP contribution in [0.3, 0.4) is 0 Å². The third-order valence-corrected chi connectivity index (χ3v) is 1.66. The number of halogens is 1. The predicted molar refractivity (Wildman–Crippen MR) is 45.8 cm³/mol. The molecule has 2 rings (SSSR count). The van der Waals surface area contributed by atoms with Gasteiger partial charge in [0.15, 0.2) is 5.65 Å². The summed E-state index contributed by atoms with van der Waals surface area (Å²) in [6.45, 7) is 0. The number of nitrogens with one attached hydrogen (secondary N) is 1. The first-order chi connectivity index (χ1) is 5.79. The average Bonchev–Trinajstić information content (AvgIpc) is 2.46. The standard InChI is InChI=1S/C6H6ClN5/c7-4-1-2-12-5(3-4)9-6(10-8)11-12/h1-3H,8H2,(H,10,11). The predicted octanol–water partition coefficient (Wildman–Crippen LogP) is 0.668. The summed E-state index contributed by atoms with van der Waals surface area (Å²) in [4.78, 5) is 4.02. The molecule has 5 nitrogen and oxygen atoms in total. The SMILES string of the molecule is NNc1nc2cc(Cl)ccn2n1. The van der Waals surface area contributed by atoms with Crippen LogP contribution in [0, 0.1) is 0 Å². The molecule has 0 spiro atoms. The van der Waals surface area contributed by atoms with E-state index in [2.05, 4.69) is 15.5 Å². The molecule has 0 saturated carbocycles. The van der Waals surface area contributed by atoms with Gasteiger partial charge in [-0.25, -0.2) is 10.4 Å². The summed E-state index contributed by atoms with van der Waals surface area (Å²) in [6, 6.07) is 3.43. The number of fused-ring (bicyclic) bond motifs is 1. The number of hydrogen-bond acceptors (Lipinski definition) is 4. The van der Waals surface area contributed by atoms with Crippen molar-refractivity contribution in [1.29, 1.82) is 0 Å². The van der Waals surface area contributed by atoms with Gasteiger partial charge in [-0.05, 0) is 6.07 Å². The molecule has 0 aliphatic rings. The van der Waals surface area contributed by atoms with E-state index in [-0.39, 0.29) is 0 Å². The summed E-state index contributed by atoms with van der Waals surface area (Å²) in [7, 11) is 0. The normalized spacial score (nSPS) is 10.5. The van der Waals surface area contributed by atoms with Crippen molar-refractivity contribution in [2.75, 3.05) is 5.43 Å². The molecule has 6 heteroatoms. The third kappa shape index (κ3) is 1.09. The van der Waals surface area contributed by atoms with Crippen molar-refractivity contribution in [1.82, 2.24) is 14.6 Å². The summed E-state index contributed by atoms with van der Waals surface area (Å²) >= 11 is 5.74. The Morgan fingerprint density at radius 3 is 3.17 bits per heavy atom. The molecular formula is C6H6ClN5. The zero-order valence-corrected chi connectivity index (χ0v) is 6.78. The molecular weight excluding hydrogens is 178 g/mol. The second kappa shape index (κ2) is 2.62. The van der Waals surface area contributed by atoms with Gasteiger partial charge in [0.05, 0.1) is 0 Å². The summed E-state index contributed by atoms with van der Waals surface area (Å²) in [5.41, 5.74) is 3.01. The molecule has 0 aromatic carbocycles. The zero-order chi connectivity index (χ0) is 8.55. The van der Waals surface area contributed by atoms with Crippen LogP contribution < -0.4 is 11.3 Å². The van der Waals surface area contributed by atoms with Gasteiger partial charge in [-0.2, -0.15) is 4.98 Å². The molecule has 0 amide bonds. The number of hydrazine groups is 1. The Bertz CT molecular complexity index is 409. The molecule has 0 atom stereocenters. The maximum atomic E-state index is 5.74. The zero-order valence-electron chi connectivity index (χ0n) is 6.03. The molecule has 62 valence electrons. The lowest BCUT2D eigenvalue weighted by atomic mass is 10.5. The van der Waals surface area contributed by atoms with Gasteiger partial charge in [0, 0.05) is 17.3 Å². The maximum Gasteiger partial charge on any atom is 0.257 e. The molecule has 12 heavy (non-hydrogen) atoms. The van der Waals surface area contributed by atoms with Gasteiger partial charge >= 0.3 is 0 Å². The van der Waals surface area contributed by atoms with Crippen molar-refractivity contribution in [2.24, 2.45) is 5.84 Å². The van der Waals surface area contributed by atoms with Crippen LogP contribution in [0.1, 0.15) is 0 Å². The van der Waals surface area contributed by atoms with Gasteiger partial charge in [0.2, 0.25) is 0 Å². The highest BCUT2D eigenvalue weighted by Gasteiger charge is 2.00. The van der Waals surface area contributed by atoms with Crippen molar-refractivity contribution in [3.8, 4) is 0 Å². The molecule has 0 aliphatic heterocycles. The number of nitrogens with zero attached hydrogens (tertiary/aromatic N) is 3. The fraction of sp³-hybridized carbons (Fsp3) is 0. The lowest BCUT2D eigenvalue weighted by molar-refractivity contribution is 0.958. The van der Waals surface area contributed by atoms with E-state index in [9.17, 15) is 0 Å². The molecule has 3 N–H and O–H groups in total. The number of nitrogens with two attached hydrogens (primary N) is 1. The summed E-state index contributed by atoms with van der Waals surface area (Å²) < 4.78 is 1.58. The molecule has 2 aromatic heterocycles. The number of pyridine rings is 1. The Morgan fingerprint density at radius 2 is 2.42 bits per heavy atom. The molecule has 0 radical (unpaired) electrons. The molecule has 0 unspecified atom stereocenters. The Kier molecular flexibility index (Phi) is 1.60. The van der Waals surface area contributed by atoms with E-state index >= 15 is 0 Å².